The molecular formula is C14H21N3O. The molecule has 1 fully saturated rings. The van der Waals surface area contributed by atoms with Crippen molar-refractivity contribution in [2.24, 2.45) is 5.73 Å². The number of nitrogens with two attached hydrogens (primary N) is 1. The first-order chi connectivity index (χ1) is 8.58. The number of carbonyl (C=O) groups is 1. The van der Waals surface area contributed by atoms with Crippen LogP contribution in [0.5, 0.6) is 0 Å². The summed E-state index contributed by atoms with van der Waals surface area (Å²) in [5.41, 5.74) is 8.96. The summed E-state index contributed by atoms with van der Waals surface area (Å²) in [7, 11) is 0. The number of amides is 1. The molecule has 1 atom stereocenters. The van der Waals surface area contributed by atoms with E-state index in [0.717, 1.165) is 31.7 Å². The maximum Gasteiger partial charge on any atom is 0.239 e. The molecule has 1 aromatic carbocycles. The number of primary amides is 1. The summed E-state index contributed by atoms with van der Waals surface area (Å²) >= 11 is 0. The molecule has 1 unspecified atom stereocenters. The molecule has 1 aliphatic heterocycles. The second-order valence-electron chi connectivity index (χ2n) is 5.01. The molecule has 18 heavy (non-hydrogen) atoms. The van der Waals surface area contributed by atoms with Crippen molar-refractivity contribution in [3.63, 3.8) is 0 Å². The zero-order valence-corrected chi connectivity index (χ0v) is 11.1. The van der Waals surface area contributed by atoms with E-state index in [9.17, 15) is 4.79 Å². The number of nitrogens with zero attached hydrogens (tertiary/aromatic N) is 1. The van der Waals surface area contributed by atoms with Crippen molar-refractivity contribution in [1.82, 2.24) is 10.2 Å². The van der Waals surface area contributed by atoms with Crippen molar-refractivity contribution < 1.29 is 4.79 Å². The Morgan fingerprint density at radius 3 is 2.28 bits per heavy atom. The highest BCUT2D eigenvalue weighted by molar-refractivity contribution is 5.81. The maximum absolute atomic E-state index is 11.8. The molecular weight excluding hydrogens is 226 g/mol. The Morgan fingerprint density at radius 1 is 1.22 bits per heavy atom. The first-order valence-electron chi connectivity index (χ1n) is 6.40. The molecule has 3 N–H and O–H groups in total. The number of aryl methyl sites for hydroxylation is 2. The van der Waals surface area contributed by atoms with E-state index in [-0.39, 0.29) is 11.9 Å². The third-order valence-corrected chi connectivity index (χ3v) is 3.35. The van der Waals surface area contributed by atoms with Crippen LogP contribution in [0, 0.1) is 13.8 Å². The summed E-state index contributed by atoms with van der Waals surface area (Å²) < 4.78 is 0. The lowest BCUT2D eigenvalue weighted by Crippen LogP contribution is -2.48. The Bertz CT molecular complexity index is 418. The topological polar surface area (TPSA) is 58.4 Å². The fourth-order valence-corrected chi connectivity index (χ4v) is 2.66. The number of rotatable bonds is 3. The highest BCUT2D eigenvalue weighted by atomic mass is 16.1. The van der Waals surface area contributed by atoms with Gasteiger partial charge in [-0.1, -0.05) is 29.3 Å². The summed E-state index contributed by atoms with van der Waals surface area (Å²) in [6.07, 6.45) is 0. The van der Waals surface area contributed by atoms with Crippen LogP contribution in [-0.2, 0) is 4.79 Å². The molecule has 2 rings (SSSR count). The summed E-state index contributed by atoms with van der Waals surface area (Å²) in [5, 5.41) is 3.29. The summed E-state index contributed by atoms with van der Waals surface area (Å²) in [6.45, 7) is 7.64. The van der Waals surface area contributed by atoms with Gasteiger partial charge in [0.15, 0.2) is 0 Å². The normalized spacial score (nSPS) is 18.6. The average Bonchev–Trinajstić information content (AvgIpc) is 2.28. The molecule has 1 aliphatic rings. The Morgan fingerprint density at radius 2 is 1.78 bits per heavy atom. The van der Waals surface area contributed by atoms with Crippen LogP contribution in [0.1, 0.15) is 22.7 Å². The Hall–Kier alpha value is -1.39. The summed E-state index contributed by atoms with van der Waals surface area (Å²) in [5.74, 6) is -0.262. The van der Waals surface area contributed by atoms with E-state index in [4.69, 9.17) is 5.73 Å². The van der Waals surface area contributed by atoms with Crippen LogP contribution in [0.2, 0.25) is 0 Å². The van der Waals surface area contributed by atoms with Gasteiger partial charge in [0.1, 0.15) is 6.04 Å². The standard InChI is InChI=1S/C14H21N3O/c1-10-7-11(2)9-12(8-10)13(14(15)18)17-5-3-16-4-6-17/h7-9,13,16H,3-6H2,1-2H3,(H2,15,18). The molecule has 0 aromatic heterocycles. The van der Waals surface area contributed by atoms with Crippen LogP contribution in [0.15, 0.2) is 18.2 Å². The smallest absolute Gasteiger partial charge is 0.239 e. The summed E-state index contributed by atoms with van der Waals surface area (Å²) in [4.78, 5) is 13.9. The van der Waals surface area contributed by atoms with Gasteiger partial charge in [-0.2, -0.15) is 0 Å². The van der Waals surface area contributed by atoms with E-state index in [2.05, 4.69) is 28.4 Å². The molecule has 4 heteroatoms. The van der Waals surface area contributed by atoms with E-state index in [1.807, 2.05) is 13.8 Å². The molecule has 1 saturated heterocycles. The maximum atomic E-state index is 11.8. The third-order valence-electron chi connectivity index (χ3n) is 3.35. The largest absolute Gasteiger partial charge is 0.368 e. The lowest BCUT2D eigenvalue weighted by atomic mass is 9.99. The van der Waals surface area contributed by atoms with Crippen molar-refractivity contribution in [2.45, 2.75) is 19.9 Å². The van der Waals surface area contributed by atoms with Gasteiger partial charge in [0, 0.05) is 26.2 Å². The zero-order valence-electron chi connectivity index (χ0n) is 11.1. The monoisotopic (exact) mass is 247 g/mol. The van der Waals surface area contributed by atoms with Gasteiger partial charge in [-0.15, -0.1) is 0 Å². The van der Waals surface area contributed by atoms with Gasteiger partial charge in [-0.05, 0) is 19.4 Å². The van der Waals surface area contributed by atoms with E-state index in [0.29, 0.717) is 0 Å². The van der Waals surface area contributed by atoms with Gasteiger partial charge in [0.25, 0.3) is 0 Å². The predicted octanol–water partition coefficient (Wildman–Crippen LogP) is 0.735. The lowest BCUT2D eigenvalue weighted by molar-refractivity contribution is -0.123. The Kier molecular flexibility index (Phi) is 3.99. The van der Waals surface area contributed by atoms with Gasteiger partial charge in [0.2, 0.25) is 5.91 Å². The van der Waals surface area contributed by atoms with Crippen molar-refractivity contribution in [3.8, 4) is 0 Å². The van der Waals surface area contributed by atoms with E-state index >= 15 is 0 Å². The van der Waals surface area contributed by atoms with Crippen molar-refractivity contribution in [3.05, 3.63) is 34.9 Å². The molecule has 0 saturated carbocycles. The van der Waals surface area contributed by atoms with E-state index in [1.54, 1.807) is 0 Å². The molecule has 0 bridgehead atoms. The molecule has 98 valence electrons. The van der Waals surface area contributed by atoms with Crippen molar-refractivity contribution in [2.75, 3.05) is 26.2 Å². The Labute approximate surface area is 108 Å². The number of hydrogen-bond donors (Lipinski definition) is 2. The van der Waals surface area contributed by atoms with Crippen LogP contribution in [-0.4, -0.2) is 37.0 Å². The molecule has 1 heterocycles. The fourth-order valence-electron chi connectivity index (χ4n) is 2.66. The molecule has 1 amide bonds. The first kappa shape index (κ1) is 13.1. The zero-order chi connectivity index (χ0) is 13.1. The van der Waals surface area contributed by atoms with Crippen LogP contribution in [0.4, 0.5) is 0 Å². The van der Waals surface area contributed by atoms with Gasteiger partial charge in [-0.25, -0.2) is 0 Å². The van der Waals surface area contributed by atoms with Gasteiger partial charge >= 0.3 is 0 Å². The second kappa shape index (κ2) is 5.50. The average molecular weight is 247 g/mol. The second-order valence-corrected chi connectivity index (χ2v) is 5.01. The predicted molar refractivity (Wildman–Crippen MR) is 72.3 cm³/mol. The molecule has 4 nitrogen and oxygen atoms in total. The number of piperazine rings is 1. The minimum atomic E-state index is -0.300. The first-order valence-corrected chi connectivity index (χ1v) is 6.40. The number of carbonyl (C=O) groups excluding carboxylic acids is 1. The van der Waals surface area contributed by atoms with Gasteiger partial charge in [-0.3, -0.25) is 9.69 Å². The number of nitrogens with one attached hydrogen (secondary N) is 1. The highest BCUT2D eigenvalue weighted by Crippen LogP contribution is 2.23. The summed E-state index contributed by atoms with van der Waals surface area (Å²) in [6, 6.07) is 5.93. The highest BCUT2D eigenvalue weighted by Gasteiger charge is 2.26. The quantitative estimate of drug-likeness (QED) is 0.828. The molecule has 0 aliphatic carbocycles. The van der Waals surface area contributed by atoms with Gasteiger partial charge < -0.3 is 11.1 Å². The minimum Gasteiger partial charge on any atom is -0.368 e. The molecule has 0 spiro atoms. The van der Waals surface area contributed by atoms with Gasteiger partial charge in [0.05, 0.1) is 0 Å². The van der Waals surface area contributed by atoms with Crippen LogP contribution < -0.4 is 11.1 Å². The van der Waals surface area contributed by atoms with Crippen LogP contribution in [0.25, 0.3) is 0 Å². The van der Waals surface area contributed by atoms with Crippen molar-refractivity contribution >= 4 is 5.91 Å². The Balaban J connectivity index is 2.31. The molecule has 1 aromatic rings. The van der Waals surface area contributed by atoms with E-state index < -0.39 is 0 Å². The van der Waals surface area contributed by atoms with Crippen LogP contribution in [0.3, 0.4) is 0 Å². The van der Waals surface area contributed by atoms with Crippen LogP contribution >= 0.6 is 0 Å². The number of benzene rings is 1. The minimum absolute atomic E-state index is 0.262. The molecule has 0 radical (unpaired) electrons. The van der Waals surface area contributed by atoms with E-state index in [1.165, 1.54) is 11.1 Å². The van der Waals surface area contributed by atoms with Crippen molar-refractivity contribution in [1.29, 1.82) is 0 Å². The third kappa shape index (κ3) is 2.89. The fraction of sp³-hybridized carbons (Fsp3) is 0.500. The SMILES string of the molecule is Cc1cc(C)cc(C(C(N)=O)N2CCNCC2)c1. The lowest BCUT2D eigenvalue weighted by Gasteiger charge is -2.33. The number of hydrogen-bond acceptors (Lipinski definition) is 3.